The molecule has 0 radical (unpaired) electrons. The van der Waals surface area contributed by atoms with Crippen molar-refractivity contribution in [3.63, 3.8) is 0 Å². The Morgan fingerprint density at radius 3 is 2.78 bits per heavy atom. The van der Waals surface area contributed by atoms with Crippen LogP contribution >= 0.6 is 0 Å². The molecule has 100 valence electrons. The Kier molecular flexibility index (Phi) is 4.41. The fourth-order valence-electron chi connectivity index (χ4n) is 3.13. The van der Waals surface area contributed by atoms with Crippen molar-refractivity contribution < 1.29 is 0 Å². The molecule has 0 aromatic heterocycles. The lowest BCUT2D eigenvalue weighted by atomic mass is 9.94. The summed E-state index contributed by atoms with van der Waals surface area (Å²) in [7, 11) is 0. The van der Waals surface area contributed by atoms with Gasteiger partial charge in [-0.2, -0.15) is 0 Å². The topological polar surface area (TPSA) is 29.3 Å². The molecule has 1 fully saturated rings. The molecule has 3 atom stereocenters. The lowest BCUT2D eigenvalue weighted by Crippen LogP contribution is -2.42. The molecule has 0 aliphatic carbocycles. The van der Waals surface area contributed by atoms with Gasteiger partial charge in [0.2, 0.25) is 0 Å². The van der Waals surface area contributed by atoms with Crippen LogP contribution in [0.1, 0.15) is 50.3 Å². The van der Waals surface area contributed by atoms with Crippen LogP contribution < -0.4 is 5.73 Å². The number of hydrogen-bond donors (Lipinski definition) is 1. The average Bonchev–Trinajstić information content (AvgIpc) is 2.76. The minimum absolute atomic E-state index is 0.229. The first-order valence-electron chi connectivity index (χ1n) is 7.21. The Morgan fingerprint density at radius 1 is 1.44 bits per heavy atom. The molecular formula is C16H26N2. The van der Waals surface area contributed by atoms with E-state index in [1.165, 1.54) is 30.5 Å². The molecule has 1 saturated heterocycles. The maximum absolute atomic E-state index is 6.40. The van der Waals surface area contributed by atoms with Crippen LogP contribution in [-0.4, -0.2) is 23.5 Å². The van der Waals surface area contributed by atoms with Crippen molar-refractivity contribution in [1.29, 1.82) is 0 Å². The van der Waals surface area contributed by atoms with E-state index < -0.39 is 0 Å². The van der Waals surface area contributed by atoms with Gasteiger partial charge in [-0.1, -0.05) is 36.8 Å². The number of aryl methyl sites for hydroxylation is 1. The number of rotatable bonds is 4. The summed E-state index contributed by atoms with van der Waals surface area (Å²) in [4.78, 5) is 2.60. The molecule has 2 rings (SSSR count). The minimum Gasteiger partial charge on any atom is -0.326 e. The third kappa shape index (κ3) is 2.76. The Balaban J connectivity index is 2.30. The number of nitrogens with zero attached hydrogens (tertiary/aromatic N) is 1. The largest absolute Gasteiger partial charge is 0.326 e. The fraction of sp³-hybridized carbons (Fsp3) is 0.625. The van der Waals surface area contributed by atoms with E-state index in [4.69, 9.17) is 5.73 Å². The minimum atomic E-state index is 0.229. The van der Waals surface area contributed by atoms with Gasteiger partial charge >= 0.3 is 0 Å². The van der Waals surface area contributed by atoms with Gasteiger partial charge in [0.15, 0.2) is 0 Å². The van der Waals surface area contributed by atoms with Crippen LogP contribution in [0, 0.1) is 6.92 Å². The van der Waals surface area contributed by atoms with Crippen LogP contribution in [0.2, 0.25) is 0 Å². The molecule has 0 saturated carbocycles. The first kappa shape index (κ1) is 13.6. The molecule has 1 aromatic rings. The molecule has 2 nitrogen and oxygen atoms in total. The normalized spacial score (nSPS) is 24.1. The predicted molar refractivity (Wildman–Crippen MR) is 77.6 cm³/mol. The first-order valence-corrected chi connectivity index (χ1v) is 7.21. The Morgan fingerprint density at radius 2 is 2.22 bits per heavy atom. The lowest BCUT2D eigenvalue weighted by molar-refractivity contribution is 0.163. The van der Waals surface area contributed by atoms with E-state index in [-0.39, 0.29) is 6.04 Å². The molecular weight excluding hydrogens is 220 g/mol. The number of likely N-dealkylation sites (tertiary alicyclic amines) is 1. The van der Waals surface area contributed by atoms with Gasteiger partial charge in [-0.05, 0) is 45.2 Å². The zero-order chi connectivity index (χ0) is 13.1. The molecule has 2 heteroatoms. The SMILES string of the molecule is CCC(N)C(c1cccc(C)c1)N1CCCC1C. The monoisotopic (exact) mass is 246 g/mol. The number of benzene rings is 1. The molecule has 1 aliphatic heterocycles. The number of nitrogens with two attached hydrogens (primary N) is 1. The highest BCUT2D eigenvalue weighted by Crippen LogP contribution is 2.32. The summed E-state index contributed by atoms with van der Waals surface area (Å²) < 4.78 is 0. The van der Waals surface area contributed by atoms with Crippen molar-refractivity contribution in [1.82, 2.24) is 4.90 Å². The summed E-state index contributed by atoms with van der Waals surface area (Å²) in [6.45, 7) is 7.87. The van der Waals surface area contributed by atoms with Gasteiger partial charge < -0.3 is 5.73 Å². The van der Waals surface area contributed by atoms with E-state index in [2.05, 4.69) is 49.9 Å². The highest BCUT2D eigenvalue weighted by molar-refractivity contribution is 5.26. The third-order valence-electron chi connectivity index (χ3n) is 4.22. The summed E-state index contributed by atoms with van der Waals surface area (Å²) in [5.74, 6) is 0. The van der Waals surface area contributed by atoms with Gasteiger partial charge in [0.1, 0.15) is 0 Å². The summed E-state index contributed by atoms with van der Waals surface area (Å²) in [5.41, 5.74) is 9.11. The van der Waals surface area contributed by atoms with Crippen molar-refractivity contribution in [3.05, 3.63) is 35.4 Å². The van der Waals surface area contributed by atoms with Crippen molar-refractivity contribution >= 4 is 0 Å². The molecule has 1 heterocycles. The maximum Gasteiger partial charge on any atom is 0.0501 e. The van der Waals surface area contributed by atoms with Gasteiger partial charge in [0, 0.05) is 12.1 Å². The van der Waals surface area contributed by atoms with E-state index >= 15 is 0 Å². The van der Waals surface area contributed by atoms with Gasteiger partial charge in [-0.3, -0.25) is 4.90 Å². The van der Waals surface area contributed by atoms with E-state index in [0.717, 1.165) is 6.42 Å². The summed E-state index contributed by atoms with van der Waals surface area (Å²) in [6.07, 6.45) is 3.64. The van der Waals surface area contributed by atoms with Crippen molar-refractivity contribution in [2.75, 3.05) is 6.54 Å². The van der Waals surface area contributed by atoms with Gasteiger partial charge in [0.25, 0.3) is 0 Å². The molecule has 0 amide bonds. The van der Waals surface area contributed by atoms with Crippen LogP contribution in [0.5, 0.6) is 0 Å². The van der Waals surface area contributed by atoms with E-state index in [9.17, 15) is 0 Å². The average molecular weight is 246 g/mol. The van der Waals surface area contributed by atoms with Crippen molar-refractivity contribution in [2.45, 2.75) is 58.2 Å². The molecule has 0 spiro atoms. The second-order valence-electron chi connectivity index (χ2n) is 5.66. The fourth-order valence-corrected chi connectivity index (χ4v) is 3.13. The van der Waals surface area contributed by atoms with Gasteiger partial charge in [-0.15, -0.1) is 0 Å². The summed E-state index contributed by atoms with van der Waals surface area (Å²) in [6, 6.07) is 10.1. The van der Waals surface area contributed by atoms with E-state index in [0.29, 0.717) is 12.1 Å². The van der Waals surface area contributed by atoms with Crippen LogP contribution in [0.15, 0.2) is 24.3 Å². The molecule has 1 aliphatic rings. The Labute approximate surface area is 111 Å². The van der Waals surface area contributed by atoms with Crippen LogP contribution in [0.3, 0.4) is 0 Å². The van der Waals surface area contributed by atoms with Crippen molar-refractivity contribution in [3.8, 4) is 0 Å². The van der Waals surface area contributed by atoms with Crippen LogP contribution in [-0.2, 0) is 0 Å². The van der Waals surface area contributed by atoms with Crippen LogP contribution in [0.4, 0.5) is 0 Å². The molecule has 18 heavy (non-hydrogen) atoms. The molecule has 2 N–H and O–H groups in total. The van der Waals surface area contributed by atoms with Crippen molar-refractivity contribution in [2.24, 2.45) is 5.73 Å². The van der Waals surface area contributed by atoms with E-state index in [1.54, 1.807) is 0 Å². The lowest BCUT2D eigenvalue weighted by Gasteiger charge is -2.35. The maximum atomic E-state index is 6.40. The predicted octanol–water partition coefficient (Wildman–Crippen LogP) is 3.26. The second-order valence-corrected chi connectivity index (χ2v) is 5.66. The quantitative estimate of drug-likeness (QED) is 0.883. The van der Waals surface area contributed by atoms with Gasteiger partial charge in [-0.25, -0.2) is 0 Å². The Bertz CT molecular complexity index is 388. The van der Waals surface area contributed by atoms with Crippen LogP contribution in [0.25, 0.3) is 0 Å². The first-order chi connectivity index (χ1) is 8.63. The zero-order valence-electron chi connectivity index (χ0n) is 11.9. The molecule has 0 bridgehead atoms. The molecule has 1 aromatic carbocycles. The van der Waals surface area contributed by atoms with E-state index in [1.807, 2.05) is 0 Å². The Hall–Kier alpha value is -0.860. The standard InChI is InChI=1S/C16H26N2/c1-4-15(17)16(18-10-6-8-13(18)3)14-9-5-7-12(2)11-14/h5,7,9,11,13,15-16H,4,6,8,10,17H2,1-3H3. The second kappa shape index (κ2) is 5.85. The van der Waals surface area contributed by atoms with Gasteiger partial charge in [0.05, 0.1) is 6.04 Å². The molecule has 3 unspecified atom stereocenters. The smallest absolute Gasteiger partial charge is 0.0501 e. The summed E-state index contributed by atoms with van der Waals surface area (Å²) >= 11 is 0. The number of hydrogen-bond acceptors (Lipinski definition) is 2. The highest BCUT2D eigenvalue weighted by Gasteiger charge is 2.31. The summed E-state index contributed by atoms with van der Waals surface area (Å²) in [5, 5.41) is 0. The third-order valence-corrected chi connectivity index (χ3v) is 4.22. The highest BCUT2D eigenvalue weighted by atomic mass is 15.2. The zero-order valence-corrected chi connectivity index (χ0v) is 11.9.